The summed E-state index contributed by atoms with van der Waals surface area (Å²) in [7, 11) is -3.12. The molecule has 0 bridgehead atoms. The fourth-order valence-electron chi connectivity index (χ4n) is 3.04. The maximum absolute atomic E-state index is 12.4. The number of halogens is 1. The number of carbonyl (C=O) groups excluding carboxylic acids is 1. The minimum Gasteiger partial charge on any atom is -0.469 e. The maximum atomic E-state index is 12.4. The zero-order valence-corrected chi connectivity index (χ0v) is 19.2. The van der Waals surface area contributed by atoms with Gasteiger partial charge in [0.05, 0.1) is 11.6 Å². The lowest BCUT2D eigenvalue weighted by molar-refractivity contribution is 0.0808. The Morgan fingerprint density at radius 2 is 1.97 bits per heavy atom. The molecular formula is C21H18ClN5O6S. The minimum absolute atomic E-state index is 0.0102. The van der Waals surface area contributed by atoms with Crippen LogP contribution in [0, 0.1) is 0 Å². The molecular weight excluding hydrogens is 486 g/mol. The first-order valence-corrected chi connectivity index (χ1v) is 11.7. The fraction of sp³-hybridized carbons (Fsp3) is 0.143. The second-order valence-corrected chi connectivity index (χ2v) is 9.06. The van der Waals surface area contributed by atoms with Gasteiger partial charge in [0.1, 0.15) is 18.2 Å². The van der Waals surface area contributed by atoms with E-state index in [0.29, 0.717) is 27.4 Å². The number of aromatic nitrogens is 3. The van der Waals surface area contributed by atoms with Crippen LogP contribution in [0.4, 0.5) is 11.5 Å². The Kier molecular flexibility index (Phi) is 6.63. The van der Waals surface area contributed by atoms with Crippen molar-refractivity contribution in [2.24, 2.45) is 0 Å². The average molecular weight is 504 g/mol. The first-order valence-electron chi connectivity index (χ1n) is 9.74. The number of amides is 1. The van der Waals surface area contributed by atoms with Crippen molar-refractivity contribution < 1.29 is 26.9 Å². The topological polar surface area (TPSA) is 148 Å². The van der Waals surface area contributed by atoms with E-state index >= 15 is 0 Å². The lowest BCUT2D eigenvalue weighted by Gasteiger charge is -2.15. The Balaban J connectivity index is 1.49. The zero-order chi connectivity index (χ0) is 24.3. The van der Waals surface area contributed by atoms with E-state index in [-0.39, 0.29) is 18.2 Å². The summed E-state index contributed by atoms with van der Waals surface area (Å²) in [5.41, 5.74) is 1.71. The van der Waals surface area contributed by atoms with E-state index in [0.717, 1.165) is 10.6 Å². The van der Waals surface area contributed by atoms with Crippen molar-refractivity contribution >= 4 is 50.1 Å². The third-order valence-electron chi connectivity index (χ3n) is 4.58. The van der Waals surface area contributed by atoms with Crippen molar-refractivity contribution in [1.82, 2.24) is 20.1 Å². The number of carbonyl (C=O) groups is 1. The van der Waals surface area contributed by atoms with E-state index in [4.69, 9.17) is 25.3 Å². The first-order chi connectivity index (χ1) is 16.2. The summed E-state index contributed by atoms with van der Waals surface area (Å²) in [6.45, 7) is 0.0131. The summed E-state index contributed by atoms with van der Waals surface area (Å²) in [6, 6.07) is 11.9. The van der Waals surface area contributed by atoms with Gasteiger partial charge >= 0.3 is 0 Å². The summed E-state index contributed by atoms with van der Waals surface area (Å²) >= 11 is 5.92. The summed E-state index contributed by atoms with van der Waals surface area (Å²) < 4.78 is 42.3. The molecule has 4 aromatic rings. The van der Waals surface area contributed by atoms with Gasteiger partial charge in [-0.15, -0.1) is 10.2 Å². The minimum atomic E-state index is -4.36. The Bertz CT molecular complexity index is 1440. The number of ether oxygens (including phenoxy) is 1. The van der Waals surface area contributed by atoms with E-state index in [1.54, 1.807) is 36.4 Å². The molecule has 0 saturated heterocycles. The second-order valence-electron chi connectivity index (χ2n) is 7.20. The number of furan rings is 1. The molecule has 0 radical (unpaired) electrons. The van der Waals surface area contributed by atoms with Crippen molar-refractivity contribution in [3.63, 3.8) is 0 Å². The Labute approximate surface area is 199 Å². The summed E-state index contributed by atoms with van der Waals surface area (Å²) in [6.07, 6.45) is 2.88. The lowest BCUT2D eigenvalue weighted by Crippen LogP contribution is -2.32. The lowest BCUT2D eigenvalue weighted by atomic mass is 10.2. The Morgan fingerprint density at radius 1 is 1.21 bits per heavy atom. The van der Waals surface area contributed by atoms with Crippen molar-refractivity contribution in [2.45, 2.75) is 6.61 Å². The van der Waals surface area contributed by atoms with Crippen molar-refractivity contribution in [1.29, 1.82) is 0 Å². The fourth-order valence-corrected chi connectivity index (χ4v) is 3.78. The number of anilines is 2. The molecule has 0 fully saturated rings. The summed E-state index contributed by atoms with van der Waals surface area (Å²) in [5.74, 6) is -0.909. The molecule has 13 heteroatoms. The molecule has 11 nitrogen and oxygen atoms in total. The van der Waals surface area contributed by atoms with Gasteiger partial charge in [-0.2, -0.15) is 8.42 Å². The van der Waals surface area contributed by atoms with Crippen LogP contribution in [0.2, 0.25) is 5.02 Å². The molecule has 3 heterocycles. The zero-order valence-electron chi connectivity index (χ0n) is 17.7. The number of pyridine rings is 1. The molecule has 176 valence electrons. The van der Waals surface area contributed by atoms with Crippen LogP contribution in [0.5, 0.6) is 5.88 Å². The van der Waals surface area contributed by atoms with Gasteiger partial charge in [-0.05, 0) is 48.0 Å². The molecule has 34 heavy (non-hydrogen) atoms. The van der Waals surface area contributed by atoms with Gasteiger partial charge in [-0.3, -0.25) is 14.3 Å². The first kappa shape index (κ1) is 23.4. The van der Waals surface area contributed by atoms with Crippen molar-refractivity contribution in [2.75, 3.05) is 18.2 Å². The van der Waals surface area contributed by atoms with Crippen LogP contribution in [0.15, 0.2) is 59.3 Å². The van der Waals surface area contributed by atoms with Gasteiger partial charge in [0.15, 0.2) is 5.82 Å². The van der Waals surface area contributed by atoms with E-state index in [9.17, 15) is 13.2 Å². The molecule has 4 rings (SSSR count). The maximum Gasteiger partial charge on any atom is 0.283 e. The van der Waals surface area contributed by atoms with Gasteiger partial charge in [0, 0.05) is 24.0 Å². The van der Waals surface area contributed by atoms with Crippen molar-refractivity contribution in [3.05, 3.63) is 71.2 Å². The number of benzene rings is 1. The largest absolute Gasteiger partial charge is 0.469 e. The molecule has 0 aliphatic heterocycles. The molecule has 1 amide bonds. The van der Waals surface area contributed by atoms with E-state index < -0.39 is 21.9 Å². The van der Waals surface area contributed by atoms with E-state index in [1.807, 2.05) is 0 Å². The molecule has 1 aromatic carbocycles. The summed E-state index contributed by atoms with van der Waals surface area (Å²) in [5, 5.41) is 12.7. The number of fused-ring (bicyclic) bond motifs is 1. The van der Waals surface area contributed by atoms with Crippen LogP contribution >= 0.6 is 11.6 Å². The number of rotatable bonds is 8. The van der Waals surface area contributed by atoms with Gasteiger partial charge in [-0.25, -0.2) is 0 Å². The van der Waals surface area contributed by atoms with Crippen LogP contribution < -0.4 is 10.1 Å². The third-order valence-corrected chi connectivity index (χ3v) is 5.55. The van der Waals surface area contributed by atoms with Gasteiger partial charge in [0.2, 0.25) is 5.58 Å². The number of hydrogen-bond acceptors (Lipinski definition) is 9. The predicted octanol–water partition coefficient (Wildman–Crippen LogP) is 3.51. The molecule has 0 unspecified atom stereocenters. The van der Waals surface area contributed by atoms with E-state index in [2.05, 4.69) is 20.5 Å². The molecule has 3 aromatic heterocycles. The van der Waals surface area contributed by atoms with Crippen LogP contribution in [0.1, 0.15) is 16.1 Å². The second kappa shape index (κ2) is 9.63. The van der Waals surface area contributed by atoms with Crippen LogP contribution in [0.25, 0.3) is 11.0 Å². The summed E-state index contributed by atoms with van der Waals surface area (Å²) in [4.78, 5) is 17.2. The van der Waals surface area contributed by atoms with Crippen LogP contribution in [0.3, 0.4) is 0 Å². The molecule has 0 aliphatic rings. The highest BCUT2D eigenvalue weighted by Crippen LogP contribution is 2.31. The normalized spacial score (nSPS) is 11.4. The van der Waals surface area contributed by atoms with E-state index in [1.165, 1.54) is 25.6 Å². The Hall–Kier alpha value is -3.74. The quantitative estimate of drug-likeness (QED) is 0.342. The smallest absolute Gasteiger partial charge is 0.283 e. The Morgan fingerprint density at radius 3 is 2.71 bits per heavy atom. The predicted molar refractivity (Wildman–Crippen MR) is 124 cm³/mol. The number of nitrogens with one attached hydrogen (secondary N) is 1. The SMILES string of the molecule is CN(CS(=O)(=O)O)C(=O)c1cc(COc2nnc(Nc3ccc(Cl)cc3)c3ccoc23)ccn1. The molecule has 0 saturated carbocycles. The van der Waals surface area contributed by atoms with Gasteiger partial charge < -0.3 is 19.4 Å². The van der Waals surface area contributed by atoms with Crippen molar-refractivity contribution in [3.8, 4) is 5.88 Å². The number of nitrogens with zero attached hydrogens (tertiary/aromatic N) is 4. The molecule has 0 spiro atoms. The molecule has 2 N–H and O–H groups in total. The van der Waals surface area contributed by atoms with Crippen LogP contribution in [-0.2, 0) is 16.7 Å². The average Bonchev–Trinajstić information content (AvgIpc) is 3.29. The highest BCUT2D eigenvalue weighted by Gasteiger charge is 2.19. The van der Waals surface area contributed by atoms with Gasteiger partial charge in [-0.1, -0.05) is 11.6 Å². The highest BCUT2D eigenvalue weighted by molar-refractivity contribution is 7.85. The third kappa shape index (κ3) is 5.60. The molecule has 0 aliphatic carbocycles. The highest BCUT2D eigenvalue weighted by atomic mass is 35.5. The molecule has 0 atom stereocenters. The van der Waals surface area contributed by atoms with Gasteiger partial charge in [0.25, 0.3) is 21.9 Å². The van der Waals surface area contributed by atoms with Crippen LogP contribution in [-0.4, -0.2) is 51.9 Å². The monoisotopic (exact) mass is 503 g/mol. The number of hydrogen-bond donors (Lipinski definition) is 2. The standard InChI is InChI=1S/C21H18ClN5O6S/c1-27(12-34(29,30)31)21(28)17-10-13(6-8-23-17)11-33-20-18-16(7-9-32-18)19(25-26-20)24-15-4-2-14(22)3-5-15/h2-10H,11-12H2,1H3,(H,24,25)(H,29,30,31).